The van der Waals surface area contributed by atoms with Gasteiger partial charge in [0.25, 0.3) is 0 Å². The van der Waals surface area contributed by atoms with E-state index in [0.29, 0.717) is 24.1 Å². The number of hydrogen-bond donors (Lipinski definition) is 1. The number of anilines is 1. The van der Waals surface area contributed by atoms with Crippen molar-refractivity contribution in [1.82, 2.24) is 4.98 Å². The van der Waals surface area contributed by atoms with Gasteiger partial charge in [0.2, 0.25) is 0 Å². The minimum absolute atomic E-state index is 0.183. The number of fused-ring (bicyclic) bond motifs is 3. The minimum atomic E-state index is -0.512. The number of benzene rings is 1. The van der Waals surface area contributed by atoms with Crippen molar-refractivity contribution in [3.63, 3.8) is 0 Å². The van der Waals surface area contributed by atoms with Crippen molar-refractivity contribution >= 4 is 23.4 Å². The molecule has 0 radical (unpaired) electrons. The number of aliphatic hydroxyl groups excluding tert-OH is 1. The SMILES string of the molecule is C=CC(O)[C@@H]1CC[C@H]1CN1C[C@@]2(CCCc3cc(Cl)ccc32)COc2ccc(C(=O)OC)nc21. The Bertz CT molecular complexity index is 1110. The molecule has 34 heavy (non-hydrogen) atoms. The molecule has 0 saturated heterocycles. The number of nitrogens with zero attached hydrogens (tertiary/aromatic N) is 2. The highest BCUT2D eigenvalue weighted by atomic mass is 35.5. The molecule has 7 heteroatoms. The molecule has 6 nitrogen and oxygen atoms in total. The van der Waals surface area contributed by atoms with E-state index in [2.05, 4.69) is 23.6 Å². The van der Waals surface area contributed by atoms with Crippen LogP contribution in [0, 0.1) is 11.8 Å². The maximum atomic E-state index is 12.3. The number of carbonyl (C=O) groups is 1. The monoisotopic (exact) mass is 482 g/mol. The van der Waals surface area contributed by atoms with E-state index in [9.17, 15) is 9.90 Å². The van der Waals surface area contributed by atoms with E-state index >= 15 is 0 Å². The van der Waals surface area contributed by atoms with Gasteiger partial charge in [-0.2, -0.15) is 0 Å². The summed E-state index contributed by atoms with van der Waals surface area (Å²) >= 11 is 6.33. The highest BCUT2D eigenvalue weighted by Crippen LogP contribution is 2.46. The van der Waals surface area contributed by atoms with Crippen LogP contribution in [0.5, 0.6) is 5.75 Å². The molecule has 5 rings (SSSR count). The van der Waals surface area contributed by atoms with Gasteiger partial charge in [0, 0.05) is 23.5 Å². The van der Waals surface area contributed by atoms with Gasteiger partial charge in [-0.1, -0.05) is 23.7 Å². The Balaban J connectivity index is 1.55. The van der Waals surface area contributed by atoms with Crippen LogP contribution in [-0.4, -0.2) is 49.0 Å². The zero-order valence-corrected chi connectivity index (χ0v) is 20.3. The molecule has 4 atom stereocenters. The summed E-state index contributed by atoms with van der Waals surface area (Å²) in [7, 11) is 1.36. The molecular formula is C27H31ClN2O4. The van der Waals surface area contributed by atoms with Crippen LogP contribution in [0.3, 0.4) is 0 Å². The summed E-state index contributed by atoms with van der Waals surface area (Å²) in [4.78, 5) is 19.2. The summed E-state index contributed by atoms with van der Waals surface area (Å²) in [6.07, 6.45) is 6.21. The van der Waals surface area contributed by atoms with E-state index in [1.807, 2.05) is 12.1 Å². The van der Waals surface area contributed by atoms with Crippen LogP contribution in [0.15, 0.2) is 43.0 Å². The molecular weight excluding hydrogens is 452 g/mol. The summed E-state index contributed by atoms with van der Waals surface area (Å²) in [5.74, 6) is 1.36. The molecule has 3 aliphatic rings. The van der Waals surface area contributed by atoms with Crippen molar-refractivity contribution in [1.29, 1.82) is 0 Å². The molecule has 1 aliphatic heterocycles. The number of pyridine rings is 1. The molecule has 0 bridgehead atoms. The second-order valence-electron chi connectivity index (χ2n) is 9.84. The van der Waals surface area contributed by atoms with Crippen LogP contribution in [0.2, 0.25) is 5.02 Å². The van der Waals surface area contributed by atoms with Crippen molar-refractivity contribution < 1.29 is 19.4 Å². The van der Waals surface area contributed by atoms with Gasteiger partial charge in [-0.05, 0) is 79.3 Å². The molecule has 1 spiro atoms. The molecule has 2 heterocycles. The topological polar surface area (TPSA) is 71.9 Å². The fourth-order valence-electron chi connectivity index (χ4n) is 5.93. The third-order valence-electron chi connectivity index (χ3n) is 7.88. The van der Waals surface area contributed by atoms with Gasteiger partial charge in [-0.15, -0.1) is 6.58 Å². The largest absolute Gasteiger partial charge is 0.489 e. The summed E-state index contributed by atoms with van der Waals surface area (Å²) in [5.41, 5.74) is 2.61. The number of aromatic nitrogens is 1. The van der Waals surface area contributed by atoms with Crippen LogP contribution in [0.25, 0.3) is 0 Å². The van der Waals surface area contributed by atoms with Crippen molar-refractivity contribution in [2.75, 3.05) is 31.7 Å². The third-order valence-corrected chi connectivity index (χ3v) is 8.12. The van der Waals surface area contributed by atoms with Crippen LogP contribution in [-0.2, 0) is 16.6 Å². The summed E-state index contributed by atoms with van der Waals surface area (Å²) in [6.45, 7) is 5.77. The number of rotatable bonds is 5. The summed E-state index contributed by atoms with van der Waals surface area (Å²) in [5, 5.41) is 11.2. The highest BCUT2D eigenvalue weighted by Gasteiger charge is 2.44. The van der Waals surface area contributed by atoms with E-state index in [1.54, 1.807) is 12.1 Å². The summed E-state index contributed by atoms with van der Waals surface area (Å²) < 4.78 is 11.3. The Morgan fingerprint density at radius 2 is 2.26 bits per heavy atom. The Morgan fingerprint density at radius 3 is 3.00 bits per heavy atom. The minimum Gasteiger partial charge on any atom is -0.489 e. The molecule has 1 aromatic carbocycles. The van der Waals surface area contributed by atoms with E-state index in [0.717, 1.165) is 50.2 Å². The number of aryl methyl sites for hydroxylation is 1. The Hall–Kier alpha value is -2.57. The van der Waals surface area contributed by atoms with Crippen LogP contribution < -0.4 is 9.64 Å². The smallest absolute Gasteiger partial charge is 0.356 e. The van der Waals surface area contributed by atoms with E-state index < -0.39 is 12.1 Å². The molecule has 1 unspecified atom stereocenters. The van der Waals surface area contributed by atoms with Crippen molar-refractivity contribution in [2.45, 2.75) is 43.6 Å². The average Bonchev–Trinajstić information content (AvgIpc) is 2.98. The van der Waals surface area contributed by atoms with Gasteiger partial charge in [-0.3, -0.25) is 0 Å². The zero-order valence-electron chi connectivity index (χ0n) is 19.5. The van der Waals surface area contributed by atoms with Crippen molar-refractivity contribution in [3.05, 3.63) is 64.8 Å². The van der Waals surface area contributed by atoms with Gasteiger partial charge >= 0.3 is 5.97 Å². The Labute approximate surface area is 205 Å². The summed E-state index contributed by atoms with van der Waals surface area (Å²) in [6, 6.07) is 9.67. The predicted molar refractivity (Wildman–Crippen MR) is 132 cm³/mol. The van der Waals surface area contributed by atoms with E-state index in [4.69, 9.17) is 26.1 Å². The van der Waals surface area contributed by atoms with Gasteiger partial charge in [0.15, 0.2) is 17.3 Å². The zero-order chi connectivity index (χ0) is 23.9. The normalized spacial score (nSPS) is 26.4. The maximum Gasteiger partial charge on any atom is 0.356 e. The quantitative estimate of drug-likeness (QED) is 0.497. The van der Waals surface area contributed by atoms with E-state index in [-0.39, 0.29) is 17.0 Å². The lowest BCUT2D eigenvalue weighted by Gasteiger charge is -2.45. The van der Waals surface area contributed by atoms with Gasteiger partial charge < -0.3 is 19.5 Å². The number of esters is 1. The van der Waals surface area contributed by atoms with Crippen LogP contribution >= 0.6 is 11.6 Å². The molecule has 1 fully saturated rings. The molecule has 2 aliphatic carbocycles. The first-order valence-corrected chi connectivity index (χ1v) is 12.4. The second kappa shape index (κ2) is 9.23. The molecule has 0 amide bonds. The second-order valence-corrected chi connectivity index (χ2v) is 10.3. The number of aliphatic hydroxyl groups is 1. The molecule has 1 N–H and O–H groups in total. The first kappa shape index (κ1) is 23.2. The lowest BCUT2D eigenvalue weighted by atomic mass is 9.68. The van der Waals surface area contributed by atoms with Crippen molar-refractivity contribution in [2.24, 2.45) is 11.8 Å². The number of hydrogen-bond acceptors (Lipinski definition) is 6. The Kier molecular flexibility index (Phi) is 6.30. The number of methoxy groups -OCH3 is 1. The number of halogens is 1. The first-order chi connectivity index (χ1) is 16.4. The van der Waals surface area contributed by atoms with E-state index in [1.165, 1.54) is 18.2 Å². The Morgan fingerprint density at radius 1 is 1.41 bits per heavy atom. The van der Waals surface area contributed by atoms with Crippen molar-refractivity contribution in [3.8, 4) is 5.75 Å². The molecule has 180 valence electrons. The lowest BCUT2D eigenvalue weighted by Crippen LogP contribution is -2.49. The fourth-order valence-corrected chi connectivity index (χ4v) is 6.12. The average molecular weight is 483 g/mol. The number of ether oxygens (including phenoxy) is 2. The maximum absolute atomic E-state index is 12.3. The van der Waals surface area contributed by atoms with Crippen LogP contribution in [0.4, 0.5) is 5.82 Å². The lowest BCUT2D eigenvalue weighted by molar-refractivity contribution is 0.0459. The molecule has 1 saturated carbocycles. The fraction of sp³-hybridized carbons (Fsp3) is 0.481. The number of carbonyl (C=O) groups excluding carboxylic acids is 1. The molecule has 1 aromatic heterocycles. The van der Waals surface area contributed by atoms with Gasteiger partial charge in [-0.25, -0.2) is 9.78 Å². The standard InChI is InChI=1S/C27H31ClN2O4/c1-3-23(31)20-8-6-18(20)14-30-15-27(12-4-5-17-13-19(28)7-9-21(17)27)16-34-24-11-10-22(26(32)33-2)29-25(24)30/h3,7,9-11,13,18,20,23,31H,1,4-6,8,12,14-16H2,2H3/t18-,20+,23?,27-/m0/s1. The highest BCUT2D eigenvalue weighted by molar-refractivity contribution is 6.30. The third kappa shape index (κ3) is 4.07. The molecule has 2 aromatic rings. The van der Waals surface area contributed by atoms with Crippen LogP contribution in [0.1, 0.15) is 47.3 Å². The van der Waals surface area contributed by atoms with Gasteiger partial charge in [0.05, 0.1) is 19.8 Å². The van der Waals surface area contributed by atoms with Gasteiger partial charge in [0.1, 0.15) is 0 Å². The first-order valence-electron chi connectivity index (χ1n) is 12.0. The predicted octanol–water partition coefficient (Wildman–Crippen LogP) is 4.57.